The SMILES string of the molecule is CC(Cc1cc2ccccc2[nH]1)C(=O)N1CCNCC1S(C)(=O)=O. The second kappa shape index (κ2) is 6.57. The van der Waals surface area contributed by atoms with E-state index in [0.717, 1.165) is 16.6 Å². The Morgan fingerprint density at radius 3 is 2.83 bits per heavy atom. The number of fused-ring (bicyclic) bond motifs is 1. The summed E-state index contributed by atoms with van der Waals surface area (Å²) in [5.41, 5.74) is 2.03. The summed E-state index contributed by atoms with van der Waals surface area (Å²) in [6.07, 6.45) is 1.75. The van der Waals surface area contributed by atoms with Crippen LogP contribution >= 0.6 is 0 Å². The zero-order chi connectivity index (χ0) is 17.3. The maximum Gasteiger partial charge on any atom is 0.226 e. The van der Waals surface area contributed by atoms with Gasteiger partial charge < -0.3 is 15.2 Å². The molecule has 6 nitrogen and oxygen atoms in total. The van der Waals surface area contributed by atoms with Gasteiger partial charge in [-0.05, 0) is 23.9 Å². The fourth-order valence-electron chi connectivity index (χ4n) is 3.26. The minimum atomic E-state index is -3.31. The molecule has 2 heterocycles. The monoisotopic (exact) mass is 349 g/mol. The first kappa shape index (κ1) is 17.0. The van der Waals surface area contributed by atoms with E-state index >= 15 is 0 Å². The molecule has 1 saturated heterocycles. The highest BCUT2D eigenvalue weighted by molar-refractivity contribution is 7.91. The fourth-order valence-corrected chi connectivity index (χ4v) is 4.35. The zero-order valence-corrected chi connectivity index (χ0v) is 14.8. The highest BCUT2D eigenvalue weighted by Gasteiger charge is 2.35. The number of hydrogen-bond acceptors (Lipinski definition) is 4. The van der Waals surface area contributed by atoms with Crippen molar-refractivity contribution < 1.29 is 13.2 Å². The number of piperazine rings is 1. The smallest absolute Gasteiger partial charge is 0.226 e. The van der Waals surface area contributed by atoms with Gasteiger partial charge >= 0.3 is 0 Å². The summed E-state index contributed by atoms with van der Waals surface area (Å²) < 4.78 is 23.9. The molecule has 1 fully saturated rings. The third-order valence-electron chi connectivity index (χ3n) is 4.51. The van der Waals surface area contributed by atoms with Gasteiger partial charge in [-0.1, -0.05) is 25.1 Å². The Hall–Kier alpha value is -1.86. The average Bonchev–Trinajstić information content (AvgIpc) is 2.95. The summed E-state index contributed by atoms with van der Waals surface area (Å²) >= 11 is 0. The van der Waals surface area contributed by atoms with Crippen LogP contribution in [-0.2, 0) is 21.1 Å². The third-order valence-corrected chi connectivity index (χ3v) is 5.92. The van der Waals surface area contributed by atoms with Crippen LogP contribution in [0.3, 0.4) is 0 Å². The topological polar surface area (TPSA) is 82.3 Å². The highest BCUT2D eigenvalue weighted by atomic mass is 32.2. The first-order valence-corrected chi connectivity index (χ1v) is 10.1. The Balaban J connectivity index is 1.75. The van der Waals surface area contributed by atoms with Crippen molar-refractivity contribution in [3.05, 3.63) is 36.0 Å². The maximum absolute atomic E-state index is 12.8. The lowest BCUT2D eigenvalue weighted by Crippen LogP contribution is -2.57. The van der Waals surface area contributed by atoms with Crippen LogP contribution in [-0.4, -0.2) is 55.5 Å². The summed E-state index contributed by atoms with van der Waals surface area (Å²) in [4.78, 5) is 17.6. The number of carbonyl (C=O) groups excluding carboxylic acids is 1. The number of aromatic nitrogens is 1. The molecular weight excluding hydrogens is 326 g/mol. The van der Waals surface area contributed by atoms with Crippen molar-refractivity contribution in [3.63, 3.8) is 0 Å². The second-order valence-electron chi connectivity index (χ2n) is 6.51. The first-order chi connectivity index (χ1) is 11.4. The lowest BCUT2D eigenvalue weighted by molar-refractivity contribution is -0.136. The van der Waals surface area contributed by atoms with E-state index in [-0.39, 0.29) is 11.8 Å². The number of para-hydroxylation sites is 1. The molecule has 1 amide bonds. The van der Waals surface area contributed by atoms with Crippen molar-refractivity contribution in [3.8, 4) is 0 Å². The van der Waals surface area contributed by atoms with Crippen LogP contribution in [0.5, 0.6) is 0 Å². The van der Waals surface area contributed by atoms with Crippen LogP contribution in [0.4, 0.5) is 0 Å². The molecule has 24 heavy (non-hydrogen) atoms. The van der Waals surface area contributed by atoms with E-state index in [1.807, 2.05) is 37.3 Å². The lowest BCUT2D eigenvalue weighted by Gasteiger charge is -2.36. The molecular formula is C17H23N3O3S. The second-order valence-corrected chi connectivity index (χ2v) is 8.71. The van der Waals surface area contributed by atoms with Crippen LogP contribution in [0, 0.1) is 5.92 Å². The molecule has 0 aliphatic carbocycles. The number of H-pyrrole nitrogens is 1. The van der Waals surface area contributed by atoms with Crippen molar-refractivity contribution in [1.29, 1.82) is 0 Å². The van der Waals surface area contributed by atoms with Crippen molar-refractivity contribution in [1.82, 2.24) is 15.2 Å². The third kappa shape index (κ3) is 3.47. The predicted molar refractivity (Wildman–Crippen MR) is 94.4 cm³/mol. The van der Waals surface area contributed by atoms with Crippen LogP contribution in [0.1, 0.15) is 12.6 Å². The van der Waals surface area contributed by atoms with Crippen molar-refractivity contribution in [2.75, 3.05) is 25.9 Å². The summed E-state index contributed by atoms with van der Waals surface area (Å²) in [5, 5.41) is 3.39. The van der Waals surface area contributed by atoms with Gasteiger partial charge in [0.1, 0.15) is 5.37 Å². The van der Waals surface area contributed by atoms with Gasteiger partial charge in [-0.2, -0.15) is 0 Å². The standard InChI is InChI=1S/C17H23N3O3S/c1-12(9-14-10-13-5-3-4-6-15(13)19-14)17(21)20-8-7-18-11-16(20)24(2,22)23/h3-6,10,12,16,18-19H,7-9,11H2,1-2H3. The number of carbonyl (C=O) groups is 1. The predicted octanol–water partition coefficient (Wildman–Crippen LogP) is 1.15. The van der Waals surface area contributed by atoms with E-state index in [2.05, 4.69) is 10.3 Å². The average molecular weight is 349 g/mol. The van der Waals surface area contributed by atoms with E-state index in [1.165, 1.54) is 11.2 Å². The van der Waals surface area contributed by atoms with Gasteiger partial charge in [0.15, 0.2) is 9.84 Å². The molecule has 1 aliphatic rings. The number of hydrogen-bond donors (Lipinski definition) is 2. The van der Waals surface area contributed by atoms with Crippen LogP contribution in [0.25, 0.3) is 10.9 Å². The highest BCUT2D eigenvalue weighted by Crippen LogP contribution is 2.20. The van der Waals surface area contributed by atoms with Gasteiger partial charge in [-0.3, -0.25) is 4.79 Å². The molecule has 2 atom stereocenters. The molecule has 1 aromatic heterocycles. The molecule has 130 valence electrons. The molecule has 2 aromatic rings. The van der Waals surface area contributed by atoms with E-state index < -0.39 is 15.2 Å². The van der Waals surface area contributed by atoms with E-state index in [1.54, 1.807) is 0 Å². The molecule has 0 bridgehead atoms. The van der Waals surface area contributed by atoms with Crippen LogP contribution in [0.15, 0.2) is 30.3 Å². The normalized spacial score (nSPS) is 20.2. The zero-order valence-electron chi connectivity index (χ0n) is 14.0. The van der Waals surface area contributed by atoms with Gasteiger partial charge in [-0.25, -0.2) is 8.42 Å². The number of nitrogens with zero attached hydrogens (tertiary/aromatic N) is 1. The first-order valence-electron chi connectivity index (χ1n) is 8.13. The molecule has 7 heteroatoms. The minimum Gasteiger partial charge on any atom is -0.358 e. The Bertz CT molecular complexity index is 811. The number of nitrogens with one attached hydrogen (secondary N) is 2. The molecule has 0 spiro atoms. The van der Waals surface area contributed by atoms with Crippen molar-refractivity contribution in [2.45, 2.75) is 18.7 Å². The van der Waals surface area contributed by atoms with E-state index in [9.17, 15) is 13.2 Å². The Morgan fingerprint density at radius 1 is 1.38 bits per heavy atom. The van der Waals surface area contributed by atoms with E-state index in [4.69, 9.17) is 0 Å². The van der Waals surface area contributed by atoms with Crippen molar-refractivity contribution >= 4 is 26.6 Å². The van der Waals surface area contributed by atoms with Gasteiger partial charge in [0.2, 0.25) is 5.91 Å². The molecule has 1 aromatic carbocycles. The molecule has 2 unspecified atom stereocenters. The van der Waals surface area contributed by atoms with Gasteiger partial charge in [-0.15, -0.1) is 0 Å². The quantitative estimate of drug-likeness (QED) is 0.867. The summed E-state index contributed by atoms with van der Waals surface area (Å²) in [5.74, 6) is -0.383. The molecule has 1 aliphatic heterocycles. The van der Waals surface area contributed by atoms with Gasteiger partial charge in [0, 0.05) is 43.0 Å². The number of aromatic amines is 1. The fraction of sp³-hybridized carbons (Fsp3) is 0.471. The number of sulfone groups is 1. The van der Waals surface area contributed by atoms with E-state index in [0.29, 0.717) is 26.1 Å². The van der Waals surface area contributed by atoms with Crippen molar-refractivity contribution in [2.24, 2.45) is 5.92 Å². The van der Waals surface area contributed by atoms with Gasteiger partial charge in [0.05, 0.1) is 0 Å². The van der Waals surface area contributed by atoms with Crippen LogP contribution < -0.4 is 5.32 Å². The number of benzene rings is 1. The Kier molecular flexibility index (Phi) is 4.64. The summed E-state index contributed by atoms with van der Waals surface area (Å²) in [7, 11) is -3.31. The Morgan fingerprint density at radius 2 is 2.12 bits per heavy atom. The largest absolute Gasteiger partial charge is 0.358 e. The molecule has 0 saturated carbocycles. The number of rotatable bonds is 4. The summed E-state index contributed by atoms with van der Waals surface area (Å²) in [6, 6.07) is 10.0. The maximum atomic E-state index is 12.8. The lowest BCUT2D eigenvalue weighted by atomic mass is 10.0. The van der Waals surface area contributed by atoms with Crippen LogP contribution in [0.2, 0.25) is 0 Å². The minimum absolute atomic E-state index is 0.106. The molecule has 3 rings (SSSR count). The molecule has 0 radical (unpaired) electrons. The number of amides is 1. The molecule has 2 N–H and O–H groups in total. The Labute approximate surface area is 142 Å². The van der Waals surface area contributed by atoms with Gasteiger partial charge in [0.25, 0.3) is 0 Å². The summed E-state index contributed by atoms with van der Waals surface area (Å²) in [6.45, 7) is 3.20.